The molecule has 4 unspecified atom stereocenters. The first-order valence-corrected chi connectivity index (χ1v) is 13.1. The summed E-state index contributed by atoms with van der Waals surface area (Å²) in [5.74, 6) is -3.40. The van der Waals surface area contributed by atoms with E-state index in [2.05, 4.69) is 20.9 Å². The summed E-state index contributed by atoms with van der Waals surface area (Å²) in [6, 6.07) is 3.79. The van der Waals surface area contributed by atoms with Crippen molar-refractivity contribution in [3.63, 3.8) is 0 Å². The molecule has 0 spiro atoms. The smallest absolute Gasteiger partial charge is 0.326 e. The van der Waals surface area contributed by atoms with Crippen molar-refractivity contribution in [3.8, 4) is 0 Å². The molecule has 9 N–H and O–H groups in total. The van der Waals surface area contributed by atoms with Crippen LogP contribution < -0.4 is 27.4 Å². The van der Waals surface area contributed by atoms with Crippen molar-refractivity contribution in [2.45, 2.75) is 77.5 Å². The number of H-pyrrole nitrogens is 1. The van der Waals surface area contributed by atoms with Crippen LogP contribution >= 0.6 is 0 Å². The maximum atomic E-state index is 13.2. The summed E-state index contributed by atoms with van der Waals surface area (Å²) in [7, 11) is 0. The van der Waals surface area contributed by atoms with Gasteiger partial charge in [0.1, 0.15) is 18.1 Å². The standard InChI is InChI=1S/C27H42N6O5/c1-15(2)22(25(35)31-21(27(37)38)11-7-8-12-28)33-26(36)23(16(3)4)32-24(34)19(29)13-17-14-30-20-10-6-5-9-18(17)20/h5-6,9-10,14-16,19,21-23,30H,7-8,11-13,28-29H2,1-4H3,(H,31,35)(H,32,34)(H,33,36)(H,37,38). The number of carboxylic acids is 1. The second kappa shape index (κ2) is 14.5. The number of amides is 3. The summed E-state index contributed by atoms with van der Waals surface area (Å²) in [6.07, 6.45) is 3.52. The van der Waals surface area contributed by atoms with Gasteiger partial charge in [-0.25, -0.2) is 4.79 Å². The molecule has 0 aliphatic heterocycles. The van der Waals surface area contributed by atoms with E-state index in [4.69, 9.17) is 11.5 Å². The van der Waals surface area contributed by atoms with Crippen LogP contribution in [0, 0.1) is 11.8 Å². The molecule has 210 valence electrons. The third-order valence-corrected chi connectivity index (χ3v) is 6.51. The molecule has 1 aromatic heterocycles. The second-order valence-corrected chi connectivity index (χ2v) is 10.3. The second-order valence-electron chi connectivity index (χ2n) is 10.3. The van der Waals surface area contributed by atoms with Crippen molar-refractivity contribution in [1.29, 1.82) is 0 Å². The van der Waals surface area contributed by atoms with E-state index >= 15 is 0 Å². The number of aromatic nitrogens is 1. The number of carbonyl (C=O) groups is 4. The van der Waals surface area contributed by atoms with Crippen molar-refractivity contribution in [1.82, 2.24) is 20.9 Å². The predicted octanol–water partition coefficient (Wildman–Crippen LogP) is 1.02. The average molecular weight is 531 g/mol. The van der Waals surface area contributed by atoms with E-state index in [1.54, 1.807) is 27.7 Å². The van der Waals surface area contributed by atoms with Crippen LogP contribution in [0.3, 0.4) is 0 Å². The highest BCUT2D eigenvalue weighted by molar-refractivity contribution is 5.94. The first-order chi connectivity index (χ1) is 18.0. The zero-order chi connectivity index (χ0) is 28.4. The number of nitrogens with one attached hydrogen (secondary N) is 4. The molecule has 0 aliphatic rings. The number of unbranched alkanes of at least 4 members (excludes halogenated alkanes) is 1. The van der Waals surface area contributed by atoms with Gasteiger partial charge in [-0.1, -0.05) is 45.9 Å². The van der Waals surface area contributed by atoms with Crippen LogP contribution in [-0.2, 0) is 25.6 Å². The minimum absolute atomic E-state index is 0.232. The van der Waals surface area contributed by atoms with Gasteiger partial charge in [0, 0.05) is 17.1 Å². The van der Waals surface area contributed by atoms with Gasteiger partial charge in [-0.3, -0.25) is 14.4 Å². The van der Waals surface area contributed by atoms with E-state index in [1.807, 2.05) is 30.5 Å². The third-order valence-electron chi connectivity index (χ3n) is 6.51. The summed E-state index contributed by atoms with van der Waals surface area (Å²) >= 11 is 0. The number of benzene rings is 1. The molecule has 38 heavy (non-hydrogen) atoms. The first-order valence-electron chi connectivity index (χ1n) is 13.1. The number of aliphatic carboxylic acids is 1. The molecule has 2 rings (SSSR count). The lowest BCUT2D eigenvalue weighted by Crippen LogP contribution is -2.59. The maximum Gasteiger partial charge on any atom is 0.326 e. The van der Waals surface area contributed by atoms with Gasteiger partial charge in [-0.05, 0) is 55.7 Å². The summed E-state index contributed by atoms with van der Waals surface area (Å²) in [4.78, 5) is 53.9. The normalized spacial score (nSPS) is 14.6. The number of rotatable bonds is 15. The molecule has 0 saturated carbocycles. The molecular formula is C27H42N6O5. The van der Waals surface area contributed by atoms with E-state index in [9.17, 15) is 24.3 Å². The Labute approximate surface area is 223 Å². The van der Waals surface area contributed by atoms with Crippen LogP contribution in [0.25, 0.3) is 10.9 Å². The van der Waals surface area contributed by atoms with Gasteiger partial charge < -0.3 is 37.5 Å². The van der Waals surface area contributed by atoms with Crippen LogP contribution in [0.1, 0.15) is 52.5 Å². The van der Waals surface area contributed by atoms with Gasteiger partial charge in [0.2, 0.25) is 17.7 Å². The average Bonchev–Trinajstić information content (AvgIpc) is 3.27. The van der Waals surface area contributed by atoms with Gasteiger partial charge in [-0.2, -0.15) is 0 Å². The fourth-order valence-corrected chi connectivity index (χ4v) is 4.22. The Morgan fingerprint density at radius 2 is 1.47 bits per heavy atom. The van der Waals surface area contributed by atoms with E-state index in [0.29, 0.717) is 19.4 Å². The van der Waals surface area contributed by atoms with E-state index in [0.717, 1.165) is 16.5 Å². The maximum absolute atomic E-state index is 13.2. The van der Waals surface area contributed by atoms with Crippen LogP contribution in [0.4, 0.5) is 0 Å². The van der Waals surface area contributed by atoms with Gasteiger partial charge >= 0.3 is 5.97 Å². The van der Waals surface area contributed by atoms with Crippen LogP contribution in [0.5, 0.6) is 0 Å². The highest BCUT2D eigenvalue weighted by Gasteiger charge is 2.33. The summed E-state index contributed by atoms with van der Waals surface area (Å²) in [5.41, 5.74) is 13.5. The molecule has 0 bridgehead atoms. The van der Waals surface area contributed by atoms with Gasteiger partial charge in [0.15, 0.2) is 0 Å². The predicted molar refractivity (Wildman–Crippen MR) is 146 cm³/mol. The van der Waals surface area contributed by atoms with Gasteiger partial charge in [0.05, 0.1) is 6.04 Å². The molecule has 1 aromatic carbocycles. The molecular weight excluding hydrogens is 488 g/mol. The number of hydrogen-bond donors (Lipinski definition) is 7. The molecule has 11 nitrogen and oxygen atoms in total. The molecule has 4 atom stereocenters. The number of carboxylic acid groups (broad SMARTS) is 1. The number of fused-ring (bicyclic) bond motifs is 1. The SMILES string of the molecule is CC(C)C(NC(=O)C(N)Cc1c[nH]c2ccccc12)C(=O)NC(C(=O)NC(CCCCN)C(=O)O)C(C)C. The fourth-order valence-electron chi connectivity index (χ4n) is 4.22. The Morgan fingerprint density at radius 3 is 2.05 bits per heavy atom. The molecule has 0 aliphatic carbocycles. The van der Waals surface area contributed by atoms with E-state index in [-0.39, 0.29) is 24.7 Å². The highest BCUT2D eigenvalue weighted by Crippen LogP contribution is 2.19. The summed E-state index contributed by atoms with van der Waals surface area (Å²) in [6.45, 7) is 7.47. The lowest BCUT2D eigenvalue weighted by Gasteiger charge is -2.28. The molecule has 11 heteroatoms. The zero-order valence-corrected chi connectivity index (χ0v) is 22.6. The Balaban J connectivity index is 2.06. The van der Waals surface area contributed by atoms with Crippen LogP contribution in [0.2, 0.25) is 0 Å². The first kappa shape index (κ1) is 30.8. The molecule has 0 radical (unpaired) electrons. The number of nitrogens with two attached hydrogens (primary N) is 2. The summed E-state index contributed by atoms with van der Waals surface area (Å²) < 4.78 is 0. The lowest BCUT2D eigenvalue weighted by molar-refractivity contribution is -0.143. The Morgan fingerprint density at radius 1 is 0.895 bits per heavy atom. The van der Waals surface area contributed by atoms with Crippen molar-refractivity contribution in [2.75, 3.05) is 6.54 Å². The van der Waals surface area contributed by atoms with Crippen molar-refractivity contribution >= 4 is 34.6 Å². The van der Waals surface area contributed by atoms with Gasteiger partial charge in [0.25, 0.3) is 0 Å². The molecule has 2 aromatic rings. The van der Waals surface area contributed by atoms with Crippen LogP contribution in [0.15, 0.2) is 30.5 Å². The minimum Gasteiger partial charge on any atom is -0.480 e. The number of hydrogen-bond acceptors (Lipinski definition) is 6. The largest absolute Gasteiger partial charge is 0.480 e. The Bertz CT molecular complexity index is 1100. The topological polar surface area (TPSA) is 192 Å². The molecule has 3 amide bonds. The fraction of sp³-hybridized carbons (Fsp3) is 0.556. The molecule has 1 heterocycles. The monoisotopic (exact) mass is 530 g/mol. The van der Waals surface area contributed by atoms with Gasteiger partial charge in [-0.15, -0.1) is 0 Å². The number of carbonyl (C=O) groups excluding carboxylic acids is 3. The van der Waals surface area contributed by atoms with Crippen molar-refractivity contribution in [3.05, 3.63) is 36.0 Å². The van der Waals surface area contributed by atoms with Crippen molar-refractivity contribution < 1.29 is 24.3 Å². The van der Waals surface area contributed by atoms with Crippen LogP contribution in [-0.4, -0.2) is 64.5 Å². The number of aromatic amines is 1. The Kier molecular flexibility index (Phi) is 11.7. The third kappa shape index (κ3) is 8.56. The Hall–Kier alpha value is -3.44. The zero-order valence-electron chi connectivity index (χ0n) is 22.6. The van der Waals surface area contributed by atoms with Crippen molar-refractivity contribution in [2.24, 2.45) is 23.3 Å². The van der Waals surface area contributed by atoms with E-state index in [1.165, 1.54) is 0 Å². The molecule has 0 fully saturated rings. The summed E-state index contributed by atoms with van der Waals surface area (Å²) in [5, 5.41) is 18.4. The number of para-hydroxylation sites is 1. The quantitative estimate of drug-likeness (QED) is 0.167. The minimum atomic E-state index is -1.15. The highest BCUT2D eigenvalue weighted by atomic mass is 16.4. The molecule has 0 saturated heterocycles. The van der Waals surface area contributed by atoms with E-state index < -0.39 is 47.9 Å². The lowest BCUT2D eigenvalue weighted by atomic mass is 9.98.